The van der Waals surface area contributed by atoms with Gasteiger partial charge in [-0.1, -0.05) is 6.07 Å². The summed E-state index contributed by atoms with van der Waals surface area (Å²) in [5.41, 5.74) is 3.50. The second-order valence-electron chi connectivity index (χ2n) is 6.95. The number of aliphatic hydroxyl groups excluding tert-OH is 1. The van der Waals surface area contributed by atoms with Gasteiger partial charge in [0.15, 0.2) is 0 Å². The molecule has 3 N–H and O–H groups in total. The minimum atomic E-state index is -1.06. The molecule has 0 aliphatic heterocycles. The van der Waals surface area contributed by atoms with Crippen LogP contribution < -0.4 is 10.9 Å². The van der Waals surface area contributed by atoms with Crippen molar-refractivity contribution in [3.63, 3.8) is 0 Å². The van der Waals surface area contributed by atoms with E-state index in [1.54, 1.807) is 18.3 Å². The van der Waals surface area contributed by atoms with Crippen LogP contribution in [0.4, 0.5) is 5.95 Å². The highest BCUT2D eigenvalue weighted by molar-refractivity contribution is 9.10. The van der Waals surface area contributed by atoms with Crippen molar-refractivity contribution in [2.45, 2.75) is 39.2 Å². The van der Waals surface area contributed by atoms with E-state index in [1.165, 1.54) is 11.8 Å². The number of H-pyrrole nitrogens is 1. The predicted molar refractivity (Wildman–Crippen MR) is 116 cm³/mol. The Kier molecular flexibility index (Phi) is 7.11. The van der Waals surface area contributed by atoms with Gasteiger partial charge in [0, 0.05) is 46.6 Å². The zero-order chi connectivity index (χ0) is 20.8. The number of pyridine rings is 2. The van der Waals surface area contributed by atoms with Gasteiger partial charge in [-0.15, -0.1) is 0 Å². The number of aryl methyl sites for hydroxylation is 3. The SMILES string of the molecule is Cc1ccc(C(O)c2cnc(NCCCCc3ncc(Br)cc3C)[nH]c2=O)cn1. The maximum Gasteiger partial charge on any atom is 0.258 e. The number of nitrogens with one attached hydrogen (secondary N) is 2. The summed E-state index contributed by atoms with van der Waals surface area (Å²) in [4.78, 5) is 27.8. The van der Waals surface area contributed by atoms with Gasteiger partial charge in [-0.2, -0.15) is 0 Å². The quantitative estimate of drug-likeness (QED) is 0.447. The van der Waals surface area contributed by atoms with Crippen LogP contribution in [0.1, 0.15) is 47.0 Å². The number of unbranched alkanes of at least 4 members (excludes halogenated alkanes) is 1. The van der Waals surface area contributed by atoms with Gasteiger partial charge in [-0.25, -0.2) is 4.98 Å². The molecular weight excluding hydrogens is 434 g/mol. The van der Waals surface area contributed by atoms with Crippen LogP contribution in [0.25, 0.3) is 0 Å². The molecule has 0 fully saturated rings. The van der Waals surface area contributed by atoms with Gasteiger partial charge >= 0.3 is 0 Å². The van der Waals surface area contributed by atoms with E-state index in [9.17, 15) is 9.90 Å². The number of aliphatic hydroxyl groups is 1. The first-order chi connectivity index (χ1) is 13.9. The Morgan fingerprint density at radius 2 is 1.97 bits per heavy atom. The lowest BCUT2D eigenvalue weighted by atomic mass is 10.1. The third-order valence-corrected chi connectivity index (χ3v) is 5.09. The van der Waals surface area contributed by atoms with Crippen LogP contribution in [-0.4, -0.2) is 31.6 Å². The van der Waals surface area contributed by atoms with Gasteiger partial charge in [-0.3, -0.25) is 19.7 Å². The molecule has 29 heavy (non-hydrogen) atoms. The average Bonchev–Trinajstić information content (AvgIpc) is 2.69. The van der Waals surface area contributed by atoms with Crippen molar-refractivity contribution in [1.82, 2.24) is 19.9 Å². The first-order valence-electron chi connectivity index (χ1n) is 9.49. The molecular formula is C21H24BrN5O2. The molecule has 0 aromatic carbocycles. The van der Waals surface area contributed by atoms with Gasteiger partial charge in [0.25, 0.3) is 5.56 Å². The zero-order valence-electron chi connectivity index (χ0n) is 16.4. The largest absolute Gasteiger partial charge is 0.383 e. The van der Waals surface area contributed by atoms with E-state index >= 15 is 0 Å². The highest BCUT2D eigenvalue weighted by Crippen LogP contribution is 2.18. The van der Waals surface area contributed by atoms with Crippen LogP contribution in [0.5, 0.6) is 0 Å². The molecule has 7 nitrogen and oxygen atoms in total. The van der Waals surface area contributed by atoms with E-state index in [4.69, 9.17) is 0 Å². The molecule has 3 rings (SSSR count). The lowest BCUT2D eigenvalue weighted by molar-refractivity contribution is 0.217. The fourth-order valence-corrected chi connectivity index (χ4v) is 3.41. The maximum atomic E-state index is 12.3. The van der Waals surface area contributed by atoms with Crippen LogP contribution in [0.3, 0.4) is 0 Å². The summed E-state index contributed by atoms with van der Waals surface area (Å²) in [7, 11) is 0. The predicted octanol–water partition coefficient (Wildman–Crippen LogP) is 3.46. The van der Waals surface area contributed by atoms with Gasteiger partial charge in [0.1, 0.15) is 6.10 Å². The van der Waals surface area contributed by atoms with Crippen molar-refractivity contribution in [2.24, 2.45) is 0 Å². The molecule has 0 saturated carbocycles. The molecule has 1 atom stereocenters. The molecule has 0 aliphatic carbocycles. The molecule has 0 saturated heterocycles. The fraction of sp³-hybridized carbons (Fsp3) is 0.333. The van der Waals surface area contributed by atoms with E-state index < -0.39 is 6.10 Å². The molecule has 0 spiro atoms. The van der Waals surface area contributed by atoms with E-state index in [0.29, 0.717) is 18.1 Å². The number of hydrogen-bond acceptors (Lipinski definition) is 6. The van der Waals surface area contributed by atoms with Gasteiger partial charge in [-0.05, 0) is 66.7 Å². The summed E-state index contributed by atoms with van der Waals surface area (Å²) in [6.07, 6.45) is 6.52. The second-order valence-corrected chi connectivity index (χ2v) is 7.87. The second kappa shape index (κ2) is 9.76. The fourth-order valence-electron chi connectivity index (χ4n) is 2.96. The van der Waals surface area contributed by atoms with E-state index in [-0.39, 0.29) is 11.1 Å². The molecule has 0 bridgehead atoms. The monoisotopic (exact) mass is 457 g/mol. The van der Waals surface area contributed by atoms with Gasteiger partial charge in [0.2, 0.25) is 5.95 Å². The van der Waals surface area contributed by atoms with Crippen LogP contribution in [0, 0.1) is 13.8 Å². The van der Waals surface area contributed by atoms with E-state index in [1.807, 2.05) is 13.1 Å². The summed E-state index contributed by atoms with van der Waals surface area (Å²) in [5.74, 6) is 0.394. The van der Waals surface area contributed by atoms with E-state index in [0.717, 1.165) is 35.1 Å². The standard InChI is InChI=1S/C21H24BrN5O2/c1-13-9-16(22)11-25-18(13)5-3-4-8-23-21-26-12-17(20(29)27-21)19(28)15-7-6-14(2)24-10-15/h6-7,9-12,19,28H,3-5,8H2,1-2H3,(H2,23,26,27,29). The Bertz CT molecular complexity index is 1020. The first-order valence-corrected chi connectivity index (χ1v) is 10.3. The van der Waals surface area contributed by atoms with Crippen LogP contribution >= 0.6 is 15.9 Å². The summed E-state index contributed by atoms with van der Waals surface area (Å²) in [6.45, 7) is 4.60. The number of anilines is 1. The number of nitrogens with zero attached hydrogens (tertiary/aromatic N) is 3. The van der Waals surface area contributed by atoms with Crippen molar-refractivity contribution in [1.29, 1.82) is 0 Å². The normalized spacial score (nSPS) is 12.0. The molecule has 0 amide bonds. The van der Waals surface area contributed by atoms with Crippen molar-refractivity contribution >= 4 is 21.9 Å². The smallest absolute Gasteiger partial charge is 0.258 e. The molecule has 3 aromatic heterocycles. The van der Waals surface area contributed by atoms with Crippen molar-refractivity contribution in [3.05, 3.63) is 79.7 Å². The number of aromatic nitrogens is 4. The Labute approximate surface area is 177 Å². The molecule has 0 aliphatic rings. The summed E-state index contributed by atoms with van der Waals surface area (Å²) >= 11 is 3.42. The molecule has 0 radical (unpaired) electrons. The molecule has 3 aromatic rings. The van der Waals surface area contributed by atoms with Crippen LogP contribution in [0.2, 0.25) is 0 Å². The Morgan fingerprint density at radius 3 is 2.66 bits per heavy atom. The summed E-state index contributed by atoms with van der Waals surface area (Å²) in [6, 6.07) is 5.61. The number of rotatable bonds is 8. The highest BCUT2D eigenvalue weighted by atomic mass is 79.9. The van der Waals surface area contributed by atoms with Crippen molar-refractivity contribution < 1.29 is 5.11 Å². The summed E-state index contributed by atoms with van der Waals surface area (Å²) in [5, 5.41) is 13.5. The summed E-state index contributed by atoms with van der Waals surface area (Å²) < 4.78 is 0.989. The Hall–Kier alpha value is -2.58. The Morgan fingerprint density at radius 1 is 1.14 bits per heavy atom. The third-order valence-electron chi connectivity index (χ3n) is 4.66. The van der Waals surface area contributed by atoms with Crippen molar-refractivity contribution in [3.8, 4) is 0 Å². The number of aromatic amines is 1. The topological polar surface area (TPSA) is 104 Å². The average molecular weight is 458 g/mol. The van der Waals surface area contributed by atoms with Crippen LogP contribution in [-0.2, 0) is 6.42 Å². The van der Waals surface area contributed by atoms with Gasteiger partial charge in [0.05, 0.1) is 5.56 Å². The highest BCUT2D eigenvalue weighted by Gasteiger charge is 2.15. The maximum absolute atomic E-state index is 12.3. The molecule has 1 unspecified atom stereocenters. The Balaban J connectivity index is 1.51. The van der Waals surface area contributed by atoms with Crippen molar-refractivity contribution in [2.75, 3.05) is 11.9 Å². The minimum absolute atomic E-state index is 0.193. The molecule has 152 valence electrons. The molecule has 3 heterocycles. The first kappa shape index (κ1) is 21.1. The van der Waals surface area contributed by atoms with Gasteiger partial charge < -0.3 is 10.4 Å². The van der Waals surface area contributed by atoms with Crippen LogP contribution in [0.15, 0.2) is 46.1 Å². The number of halogens is 1. The minimum Gasteiger partial charge on any atom is -0.383 e. The molecule has 8 heteroatoms. The number of hydrogen-bond donors (Lipinski definition) is 3. The third kappa shape index (κ3) is 5.71. The van der Waals surface area contributed by atoms with E-state index in [2.05, 4.69) is 54.2 Å². The lowest BCUT2D eigenvalue weighted by Crippen LogP contribution is -2.20. The zero-order valence-corrected chi connectivity index (χ0v) is 18.0. The lowest BCUT2D eigenvalue weighted by Gasteiger charge is -2.11.